The highest BCUT2D eigenvalue weighted by Gasteiger charge is 2.15. The molecule has 2 aromatic carbocycles. The van der Waals surface area contributed by atoms with Gasteiger partial charge >= 0.3 is 0 Å². The number of ether oxygens (including phenoxy) is 1. The Morgan fingerprint density at radius 3 is 2.55 bits per heavy atom. The van der Waals surface area contributed by atoms with Crippen molar-refractivity contribution in [2.24, 2.45) is 0 Å². The summed E-state index contributed by atoms with van der Waals surface area (Å²) >= 11 is 0. The number of morpholine rings is 1. The molecule has 1 amide bonds. The number of hydrogen-bond donors (Lipinski definition) is 1. The second-order valence-corrected chi connectivity index (χ2v) is 7.19. The van der Waals surface area contributed by atoms with Crippen LogP contribution in [0.25, 0.3) is 10.8 Å². The van der Waals surface area contributed by atoms with Crippen molar-refractivity contribution in [2.75, 3.05) is 31.6 Å². The van der Waals surface area contributed by atoms with Crippen LogP contribution in [0.5, 0.6) is 0 Å². The van der Waals surface area contributed by atoms with Crippen LogP contribution in [0.3, 0.4) is 0 Å². The Hall–Kier alpha value is -3.03. The average Bonchev–Trinajstić information content (AvgIpc) is 2.74. The normalized spacial score (nSPS) is 14.8. The highest BCUT2D eigenvalue weighted by molar-refractivity contribution is 5.91. The molecule has 0 unspecified atom stereocenters. The quantitative estimate of drug-likeness (QED) is 0.720. The van der Waals surface area contributed by atoms with Gasteiger partial charge < -0.3 is 10.1 Å². The molecule has 0 bridgehead atoms. The van der Waals surface area contributed by atoms with Crippen LogP contribution in [0.4, 0.5) is 5.69 Å². The van der Waals surface area contributed by atoms with Crippen molar-refractivity contribution in [2.45, 2.75) is 20.0 Å². The maximum atomic E-state index is 12.7. The number of nitrogens with one attached hydrogen (secondary N) is 1. The predicted octanol–water partition coefficient (Wildman–Crippen LogP) is 2.18. The van der Waals surface area contributed by atoms with Crippen LogP contribution < -0.4 is 10.9 Å². The molecule has 0 saturated carbocycles. The Morgan fingerprint density at radius 1 is 1.07 bits per heavy atom. The van der Waals surface area contributed by atoms with Gasteiger partial charge in [-0.2, -0.15) is 5.10 Å². The summed E-state index contributed by atoms with van der Waals surface area (Å²) in [6.45, 7) is 5.65. The number of benzene rings is 2. The van der Waals surface area contributed by atoms with Crippen molar-refractivity contribution >= 4 is 22.4 Å². The molecule has 1 saturated heterocycles. The van der Waals surface area contributed by atoms with Crippen LogP contribution in [-0.4, -0.2) is 46.9 Å². The summed E-state index contributed by atoms with van der Waals surface area (Å²) in [5, 5.41) is 8.65. The molecular weight excluding hydrogens is 368 g/mol. The molecule has 7 nitrogen and oxygen atoms in total. The fourth-order valence-corrected chi connectivity index (χ4v) is 3.62. The Kier molecular flexibility index (Phi) is 5.69. The van der Waals surface area contributed by atoms with Gasteiger partial charge in [-0.3, -0.25) is 14.5 Å². The summed E-state index contributed by atoms with van der Waals surface area (Å²) in [5.41, 5.74) is 2.26. The molecule has 0 radical (unpaired) electrons. The van der Waals surface area contributed by atoms with Crippen molar-refractivity contribution in [3.63, 3.8) is 0 Å². The first-order valence-corrected chi connectivity index (χ1v) is 9.76. The van der Waals surface area contributed by atoms with Gasteiger partial charge in [-0.25, -0.2) is 4.68 Å². The maximum Gasteiger partial charge on any atom is 0.275 e. The van der Waals surface area contributed by atoms with Crippen molar-refractivity contribution in [1.82, 2.24) is 14.7 Å². The van der Waals surface area contributed by atoms with Gasteiger partial charge in [0.1, 0.15) is 6.54 Å². The van der Waals surface area contributed by atoms with Gasteiger partial charge in [0.05, 0.1) is 24.3 Å². The minimum atomic E-state index is -0.274. The van der Waals surface area contributed by atoms with Gasteiger partial charge in [-0.1, -0.05) is 36.4 Å². The van der Waals surface area contributed by atoms with E-state index < -0.39 is 0 Å². The molecule has 7 heteroatoms. The molecule has 2 heterocycles. The van der Waals surface area contributed by atoms with Crippen LogP contribution in [-0.2, 0) is 22.6 Å². The first-order valence-electron chi connectivity index (χ1n) is 9.76. The van der Waals surface area contributed by atoms with E-state index in [0.29, 0.717) is 5.39 Å². The van der Waals surface area contributed by atoms with E-state index in [-0.39, 0.29) is 18.0 Å². The number of aryl methyl sites for hydroxylation is 1. The van der Waals surface area contributed by atoms with Crippen molar-refractivity contribution in [1.29, 1.82) is 0 Å². The number of carbonyl (C=O) groups excluding carboxylic acids is 1. The van der Waals surface area contributed by atoms with Gasteiger partial charge in [0, 0.05) is 30.7 Å². The van der Waals surface area contributed by atoms with E-state index in [4.69, 9.17) is 4.74 Å². The summed E-state index contributed by atoms with van der Waals surface area (Å²) in [6, 6.07) is 15.1. The number of para-hydroxylation sites is 1. The predicted molar refractivity (Wildman–Crippen MR) is 112 cm³/mol. The fraction of sp³-hybridized carbons (Fsp3) is 0.318. The number of nitrogens with zero attached hydrogens (tertiary/aromatic N) is 3. The second-order valence-electron chi connectivity index (χ2n) is 7.19. The summed E-state index contributed by atoms with van der Waals surface area (Å²) < 4.78 is 6.63. The highest BCUT2D eigenvalue weighted by atomic mass is 16.5. The van der Waals surface area contributed by atoms with Crippen molar-refractivity contribution < 1.29 is 9.53 Å². The van der Waals surface area contributed by atoms with Crippen molar-refractivity contribution in [3.8, 4) is 0 Å². The summed E-state index contributed by atoms with van der Waals surface area (Å²) in [7, 11) is 0. The van der Waals surface area contributed by atoms with Gasteiger partial charge in [0.25, 0.3) is 5.56 Å². The molecule has 0 atom stereocenters. The largest absolute Gasteiger partial charge is 0.379 e. The fourth-order valence-electron chi connectivity index (χ4n) is 3.62. The third-order valence-electron chi connectivity index (χ3n) is 5.13. The lowest BCUT2D eigenvalue weighted by atomic mass is 10.1. The number of aromatic nitrogens is 2. The van der Waals surface area contributed by atoms with Crippen LogP contribution >= 0.6 is 0 Å². The minimum absolute atomic E-state index is 0.129. The topological polar surface area (TPSA) is 76.5 Å². The number of hydrogen-bond acceptors (Lipinski definition) is 5. The van der Waals surface area contributed by atoms with E-state index in [1.807, 2.05) is 49.4 Å². The minimum Gasteiger partial charge on any atom is -0.379 e. The zero-order chi connectivity index (χ0) is 20.2. The molecule has 150 valence electrons. The molecular formula is C22H24N4O3. The molecule has 1 fully saturated rings. The van der Waals surface area contributed by atoms with Gasteiger partial charge in [-0.15, -0.1) is 0 Å². The first-order chi connectivity index (χ1) is 14.1. The lowest BCUT2D eigenvalue weighted by Gasteiger charge is -2.27. The van der Waals surface area contributed by atoms with Gasteiger partial charge in [0.2, 0.25) is 5.91 Å². The SMILES string of the molecule is Cc1nn(CC(=O)Nc2ccccc2CN2CCOCC2)c(=O)c2ccccc12. The van der Waals surface area contributed by atoms with Crippen LogP contribution in [0.1, 0.15) is 11.3 Å². The molecule has 1 aliphatic heterocycles. The standard InChI is InChI=1S/C22H24N4O3/c1-16-18-7-3-4-8-19(18)22(28)26(24-16)15-21(27)23-20-9-5-2-6-17(20)14-25-10-12-29-13-11-25/h2-9H,10-15H2,1H3,(H,23,27). The molecule has 29 heavy (non-hydrogen) atoms. The maximum absolute atomic E-state index is 12.7. The molecule has 4 rings (SSSR count). The number of rotatable bonds is 5. The average molecular weight is 392 g/mol. The molecule has 3 aromatic rings. The molecule has 1 N–H and O–H groups in total. The Balaban J connectivity index is 1.51. The molecule has 1 aromatic heterocycles. The third kappa shape index (κ3) is 4.36. The second kappa shape index (κ2) is 8.55. The van der Waals surface area contributed by atoms with E-state index in [2.05, 4.69) is 15.3 Å². The number of amides is 1. The number of fused-ring (bicyclic) bond motifs is 1. The monoisotopic (exact) mass is 392 g/mol. The van der Waals surface area contributed by atoms with Gasteiger partial charge in [-0.05, 0) is 24.6 Å². The van der Waals surface area contributed by atoms with Gasteiger partial charge in [0.15, 0.2) is 0 Å². The van der Waals surface area contributed by atoms with Crippen LogP contribution in [0.2, 0.25) is 0 Å². The van der Waals surface area contributed by atoms with E-state index in [1.54, 1.807) is 6.07 Å². The highest BCUT2D eigenvalue weighted by Crippen LogP contribution is 2.18. The van der Waals surface area contributed by atoms with E-state index in [0.717, 1.165) is 55.2 Å². The summed E-state index contributed by atoms with van der Waals surface area (Å²) in [4.78, 5) is 27.7. The number of carbonyl (C=O) groups is 1. The van der Waals surface area contributed by atoms with Crippen LogP contribution in [0, 0.1) is 6.92 Å². The van der Waals surface area contributed by atoms with Crippen molar-refractivity contribution in [3.05, 3.63) is 70.1 Å². The lowest BCUT2D eigenvalue weighted by Crippen LogP contribution is -2.36. The summed E-state index contributed by atoms with van der Waals surface area (Å²) in [5.74, 6) is -0.274. The zero-order valence-corrected chi connectivity index (χ0v) is 16.4. The van der Waals surface area contributed by atoms with E-state index in [1.165, 1.54) is 4.68 Å². The third-order valence-corrected chi connectivity index (χ3v) is 5.13. The lowest BCUT2D eigenvalue weighted by molar-refractivity contribution is -0.117. The summed E-state index contributed by atoms with van der Waals surface area (Å²) in [6.07, 6.45) is 0. The molecule has 1 aliphatic rings. The van der Waals surface area contributed by atoms with E-state index in [9.17, 15) is 9.59 Å². The zero-order valence-electron chi connectivity index (χ0n) is 16.4. The van der Waals surface area contributed by atoms with E-state index >= 15 is 0 Å². The Morgan fingerprint density at radius 2 is 1.76 bits per heavy atom. The Bertz CT molecular complexity index is 1090. The smallest absolute Gasteiger partial charge is 0.275 e. The number of anilines is 1. The first kappa shape index (κ1) is 19.3. The molecule has 0 aliphatic carbocycles. The Labute approximate surface area is 168 Å². The van der Waals surface area contributed by atoms with Crippen LogP contribution in [0.15, 0.2) is 53.3 Å². The molecule has 0 spiro atoms.